The van der Waals surface area contributed by atoms with Gasteiger partial charge in [-0.3, -0.25) is 0 Å². The Kier molecular flexibility index (Phi) is 6.18. The lowest BCUT2D eigenvalue weighted by atomic mass is 10.2. The van der Waals surface area contributed by atoms with Crippen molar-refractivity contribution in [3.63, 3.8) is 0 Å². The third kappa shape index (κ3) is 4.38. The summed E-state index contributed by atoms with van der Waals surface area (Å²) in [6.07, 6.45) is 1.91. The van der Waals surface area contributed by atoms with Crippen molar-refractivity contribution in [1.29, 1.82) is 0 Å². The van der Waals surface area contributed by atoms with E-state index in [-0.39, 0.29) is 22.1 Å². The van der Waals surface area contributed by atoms with Gasteiger partial charge in [0.25, 0.3) is 10.0 Å². The molecule has 0 aromatic heterocycles. The standard InChI is InChI=1S/C17H22N2O4S2/c1-13-6-8-15(9-7-13)25(21,22)19(12-14(2)16(20)23-3)17(24)18-10-4-5-11-18/h6-9H,2,4-5,10-12H2,1,3H3. The highest BCUT2D eigenvalue weighted by Crippen LogP contribution is 2.21. The Morgan fingerprint density at radius 1 is 1.28 bits per heavy atom. The molecule has 2 rings (SSSR count). The monoisotopic (exact) mass is 382 g/mol. The van der Waals surface area contributed by atoms with Crippen molar-refractivity contribution in [1.82, 2.24) is 9.21 Å². The molecule has 0 aliphatic carbocycles. The van der Waals surface area contributed by atoms with Gasteiger partial charge in [0.15, 0.2) is 5.11 Å². The second kappa shape index (κ2) is 7.97. The number of rotatable bonds is 5. The topological polar surface area (TPSA) is 66.9 Å². The number of likely N-dealkylation sites (tertiary alicyclic amines) is 1. The average molecular weight is 383 g/mol. The second-order valence-corrected chi connectivity index (χ2v) is 8.12. The molecule has 0 saturated carbocycles. The molecule has 1 heterocycles. The number of hydrogen-bond donors (Lipinski definition) is 0. The van der Waals surface area contributed by atoms with Gasteiger partial charge in [-0.05, 0) is 44.1 Å². The molecule has 8 heteroatoms. The summed E-state index contributed by atoms with van der Waals surface area (Å²) < 4.78 is 31.9. The van der Waals surface area contributed by atoms with E-state index in [4.69, 9.17) is 12.2 Å². The fourth-order valence-electron chi connectivity index (χ4n) is 2.54. The van der Waals surface area contributed by atoms with Crippen molar-refractivity contribution >= 4 is 33.3 Å². The van der Waals surface area contributed by atoms with Gasteiger partial charge < -0.3 is 9.64 Å². The molecule has 0 bridgehead atoms. The first kappa shape index (κ1) is 19.4. The van der Waals surface area contributed by atoms with Crippen LogP contribution in [0.2, 0.25) is 0 Å². The Morgan fingerprint density at radius 2 is 1.84 bits per heavy atom. The molecule has 0 atom stereocenters. The van der Waals surface area contributed by atoms with Crippen LogP contribution in [-0.4, -0.2) is 55.4 Å². The van der Waals surface area contributed by atoms with Crippen LogP contribution in [0.5, 0.6) is 0 Å². The lowest BCUT2D eigenvalue weighted by Crippen LogP contribution is -2.46. The molecule has 0 amide bonds. The minimum atomic E-state index is -3.91. The average Bonchev–Trinajstić information content (AvgIpc) is 3.13. The number of carbonyl (C=O) groups excluding carboxylic acids is 1. The van der Waals surface area contributed by atoms with E-state index in [0.29, 0.717) is 13.1 Å². The first-order chi connectivity index (χ1) is 11.8. The zero-order chi connectivity index (χ0) is 18.6. The molecule has 0 radical (unpaired) electrons. The molecular formula is C17H22N2O4S2. The SMILES string of the molecule is C=C(CN(C(=S)N1CCCC1)S(=O)(=O)c1ccc(C)cc1)C(=O)OC. The molecule has 1 aliphatic heterocycles. The van der Waals surface area contributed by atoms with E-state index in [0.717, 1.165) is 22.7 Å². The van der Waals surface area contributed by atoms with Gasteiger partial charge in [0.2, 0.25) is 0 Å². The van der Waals surface area contributed by atoms with E-state index >= 15 is 0 Å². The number of carbonyl (C=O) groups is 1. The van der Waals surface area contributed by atoms with E-state index in [1.807, 2.05) is 11.8 Å². The first-order valence-corrected chi connectivity index (χ1v) is 9.76. The lowest BCUT2D eigenvalue weighted by Gasteiger charge is -2.30. The minimum Gasteiger partial charge on any atom is -0.466 e. The van der Waals surface area contributed by atoms with Crippen LogP contribution in [0.4, 0.5) is 0 Å². The van der Waals surface area contributed by atoms with Gasteiger partial charge in [0.1, 0.15) is 0 Å². The van der Waals surface area contributed by atoms with Crippen LogP contribution in [0, 0.1) is 6.92 Å². The number of benzene rings is 1. The number of aryl methyl sites for hydroxylation is 1. The molecule has 1 saturated heterocycles. The van der Waals surface area contributed by atoms with Crippen LogP contribution < -0.4 is 0 Å². The minimum absolute atomic E-state index is 0.0275. The fraction of sp³-hybridized carbons (Fsp3) is 0.412. The maximum atomic E-state index is 13.1. The summed E-state index contributed by atoms with van der Waals surface area (Å²) in [5.74, 6) is -0.659. The summed E-state index contributed by atoms with van der Waals surface area (Å²) >= 11 is 5.43. The molecule has 1 aliphatic rings. The van der Waals surface area contributed by atoms with Gasteiger partial charge in [-0.2, -0.15) is 0 Å². The van der Waals surface area contributed by atoms with Crippen LogP contribution in [0.25, 0.3) is 0 Å². The molecule has 0 unspecified atom stereocenters. The van der Waals surface area contributed by atoms with Gasteiger partial charge in [-0.25, -0.2) is 17.5 Å². The molecule has 1 fully saturated rings. The first-order valence-electron chi connectivity index (χ1n) is 7.92. The number of methoxy groups -OCH3 is 1. The van der Waals surface area contributed by atoms with Crippen LogP contribution >= 0.6 is 12.2 Å². The third-order valence-electron chi connectivity index (χ3n) is 4.01. The van der Waals surface area contributed by atoms with Crippen LogP contribution in [-0.2, 0) is 19.6 Å². The normalized spacial score (nSPS) is 14.2. The third-order valence-corrected chi connectivity index (χ3v) is 6.35. The summed E-state index contributed by atoms with van der Waals surface area (Å²) in [5, 5.41) is 0.183. The highest BCUT2D eigenvalue weighted by atomic mass is 32.2. The Bertz CT molecular complexity index is 766. The number of nitrogens with zero attached hydrogens (tertiary/aromatic N) is 2. The zero-order valence-electron chi connectivity index (χ0n) is 14.4. The quantitative estimate of drug-likeness (QED) is 0.441. The molecule has 136 valence electrons. The van der Waals surface area contributed by atoms with Gasteiger partial charge in [0.05, 0.1) is 24.1 Å². The Morgan fingerprint density at radius 3 is 2.36 bits per heavy atom. The number of thiocarbonyl (C=S) groups is 1. The summed E-state index contributed by atoms with van der Waals surface area (Å²) in [4.78, 5) is 13.7. The second-order valence-electron chi connectivity index (χ2n) is 5.90. The Balaban J connectivity index is 2.38. The van der Waals surface area contributed by atoms with E-state index in [1.165, 1.54) is 19.2 Å². The summed E-state index contributed by atoms with van der Waals surface area (Å²) in [6, 6.07) is 6.51. The molecule has 0 N–H and O–H groups in total. The van der Waals surface area contributed by atoms with Crippen molar-refractivity contribution in [3.05, 3.63) is 42.0 Å². The van der Waals surface area contributed by atoms with E-state index in [9.17, 15) is 13.2 Å². The molecule has 25 heavy (non-hydrogen) atoms. The van der Waals surface area contributed by atoms with Crippen molar-refractivity contribution in [2.24, 2.45) is 0 Å². The zero-order valence-corrected chi connectivity index (χ0v) is 16.0. The Hall–Kier alpha value is -1.93. The smallest absolute Gasteiger partial charge is 0.334 e. The summed E-state index contributed by atoms with van der Waals surface area (Å²) in [6.45, 7) is 6.67. The predicted octanol–water partition coefficient (Wildman–Crippen LogP) is 2.10. The number of ether oxygens (including phenoxy) is 1. The van der Waals surface area contributed by atoms with Gasteiger partial charge >= 0.3 is 5.97 Å². The number of esters is 1. The summed E-state index contributed by atoms with van der Waals surface area (Å²) in [7, 11) is -2.68. The molecule has 0 spiro atoms. The van der Waals surface area contributed by atoms with Crippen molar-refractivity contribution < 1.29 is 17.9 Å². The molecular weight excluding hydrogens is 360 g/mol. The van der Waals surface area contributed by atoms with Gasteiger partial charge in [-0.15, -0.1) is 0 Å². The van der Waals surface area contributed by atoms with E-state index in [1.54, 1.807) is 12.1 Å². The van der Waals surface area contributed by atoms with E-state index < -0.39 is 16.0 Å². The maximum absolute atomic E-state index is 13.1. The van der Waals surface area contributed by atoms with Crippen LogP contribution in [0.15, 0.2) is 41.3 Å². The largest absolute Gasteiger partial charge is 0.466 e. The molecule has 6 nitrogen and oxygen atoms in total. The highest BCUT2D eigenvalue weighted by molar-refractivity contribution is 7.91. The molecule has 1 aromatic rings. The lowest BCUT2D eigenvalue weighted by molar-refractivity contribution is -0.136. The number of sulfonamides is 1. The number of hydrogen-bond acceptors (Lipinski definition) is 5. The maximum Gasteiger partial charge on any atom is 0.334 e. The predicted molar refractivity (Wildman–Crippen MR) is 99.6 cm³/mol. The van der Waals surface area contributed by atoms with Crippen molar-refractivity contribution in [3.8, 4) is 0 Å². The van der Waals surface area contributed by atoms with Gasteiger partial charge in [-0.1, -0.05) is 24.3 Å². The molecule has 1 aromatic carbocycles. The Labute approximate surface area is 154 Å². The van der Waals surface area contributed by atoms with Gasteiger partial charge in [0, 0.05) is 13.1 Å². The fourth-order valence-corrected chi connectivity index (χ4v) is 4.46. The highest BCUT2D eigenvalue weighted by Gasteiger charge is 2.32. The summed E-state index contributed by atoms with van der Waals surface area (Å²) in [5.41, 5.74) is 0.978. The van der Waals surface area contributed by atoms with E-state index in [2.05, 4.69) is 11.3 Å². The van der Waals surface area contributed by atoms with Crippen molar-refractivity contribution in [2.75, 3.05) is 26.7 Å². The van der Waals surface area contributed by atoms with Crippen molar-refractivity contribution in [2.45, 2.75) is 24.7 Å². The van der Waals surface area contributed by atoms with Crippen LogP contribution in [0.1, 0.15) is 18.4 Å². The van der Waals surface area contributed by atoms with Crippen LogP contribution in [0.3, 0.4) is 0 Å².